The van der Waals surface area contributed by atoms with Gasteiger partial charge < -0.3 is 15.3 Å². The number of amides is 1. The predicted molar refractivity (Wildman–Crippen MR) is 77.9 cm³/mol. The molecule has 0 saturated carbocycles. The zero-order valence-corrected chi connectivity index (χ0v) is 11.4. The van der Waals surface area contributed by atoms with Crippen molar-refractivity contribution in [2.45, 2.75) is 0 Å². The van der Waals surface area contributed by atoms with E-state index in [9.17, 15) is 15.0 Å². The molecule has 0 aliphatic heterocycles. The van der Waals surface area contributed by atoms with Crippen LogP contribution in [0.4, 0.5) is 0 Å². The lowest BCUT2D eigenvalue weighted by atomic mass is 10.2. The van der Waals surface area contributed by atoms with Crippen molar-refractivity contribution in [1.82, 2.24) is 5.43 Å². The van der Waals surface area contributed by atoms with Crippen molar-refractivity contribution in [2.75, 3.05) is 0 Å². The summed E-state index contributed by atoms with van der Waals surface area (Å²) < 4.78 is 0. The van der Waals surface area contributed by atoms with Gasteiger partial charge in [0.1, 0.15) is 5.75 Å². The maximum Gasteiger partial charge on any atom is 0.271 e. The summed E-state index contributed by atoms with van der Waals surface area (Å²) in [5.41, 5.74) is 2.69. The Kier molecular flexibility index (Phi) is 4.30. The summed E-state index contributed by atoms with van der Waals surface area (Å²) in [7, 11) is 0. The number of carbonyl (C=O) groups is 1. The Balaban J connectivity index is 2.08. The normalized spacial score (nSPS) is 10.7. The highest BCUT2D eigenvalue weighted by Gasteiger charge is 2.07. The fourth-order valence-electron chi connectivity index (χ4n) is 1.52. The van der Waals surface area contributed by atoms with E-state index in [4.69, 9.17) is 16.7 Å². The minimum absolute atomic E-state index is 0.0281. The molecule has 2 aromatic carbocycles. The summed E-state index contributed by atoms with van der Waals surface area (Å²) >= 11 is 5.77. The summed E-state index contributed by atoms with van der Waals surface area (Å²) in [6, 6.07) is 8.04. The van der Waals surface area contributed by atoms with Crippen molar-refractivity contribution < 1.29 is 20.1 Å². The molecule has 2 rings (SSSR count). The molecular weight excluding hydrogens is 296 g/mol. The van der Waals surface area contributed by atoms with Crippen LogP contribution in [0.2, 0.25) is 5.02 Å². The van der Waals surface area contributed by atoms with Gasteiger partial charge in [-0.3, -0.25) is 4.79 Å². The lowest BCUT2D eigenvalue weighted by Gasteiger charge is -2.02. The van der Waals surface area contributed by atoms with Gasteiger partial charge in [-0.05, 0) is 36.4 Å². The number of phenolic OH excluding ortho intramolecular Hbond substituents is 3. The van der Waals surface area contributed by atoms with Gasteiger partial charge >= 0.3 is 0 Å². The van der Waals surface area contributed by atoms with Crippen LogP contribution in [-0.2, 0) is 0 Å². The van der Waals surface area contributed by atoms with Gasteiger partial charge in [-0.1, -0.05) is 11.6 Å². The van der Waals surface area contributed by atoms with E-state index in [1.165, 1.54) is 36.5 Å². The third-order valence-electron chi connectivity index (χ3n) is 2.60. The Morgan fingerprint density at radius 3 is 2.48 bits per heavy atom. The Labute approximate surface area is 124 Å². The average Bonchev–Trinajstić information content (AvgIpc) is 2.45. The summed E-state index contributed by atoms with van der Waals surface area (Å²) in [5, 5.41) is 32.1. The highest BCUT2D eigenvalue weighted by atomic mass is 35.5. The maximum atomic E-state index is 11.7. The second kappa shape index (κ2) is 6.15. The van der Waals surface area contributed by atoms with Gasteiger partial charge in [-0.25, -0.2) is 5.43 Å². The van der Waals surface area contributed by atoms with E-state index < -0.39 is 11.7 Å². The molecule has 0 atom stereocenters. The van der Waals surface area contributed by atoms with Crippen LogP contribution in [0.15, 0.2) is 41.5 Å². The van der Waals surface area contributed by atoms with Crippen molar-refractivity contribution in [2.24, 2.45) is 5.10 Å². The lowest BCUT2D eigenvalue weighted by Crippen LogP contribution is -2.17. The van der Waals surface area contributed by atoms with Gasteiger partial charge in [0.15, 0.2) is 11.5 Å². The number of aromatic hydroxyl groups is 3. The van der Waals surface area contributed by atoms with Crippen LogP contribution in [-0.4, -0.2) is 27.4 Å². The Hall–Kier alpha value is -2.73. The minimum Gasteiger partial charge on any atom is -0.507 e. The molecule has 0 unspecified atom stereocenters. The van der Waals surface area contributed by atoms with Crippen LogP contribution in [0.1, 0.15) is 15.9 Å². The zero-order valence-electron chi connectivity index (χ0n) is 10.6. The molecule has 21 heavy (non-hydrogen) atoms. The first-order valence-electron chi connectivity index (χ1n) is 5.81. The number of hydrogen-bond donors (Lipinski definition) is 4. The van der Waals surface area contributed by atoms with Crippen LogP contribution in [0, 0.1) is 0 Å². The molecule has 0 aliphatic rings. The SMILES string of the molecule is O=C(N/N=C/c1cc(Cl)ccc1O)c1ccc(O)c(O)c1. The first kappa shape index (κ1) is 14.7. The minimum atomic E-state index is -0.580. The van der Waals surface area contributed by atoms with Gasteiger partial charge in [0, 0.05) is 16.1 Å². The van der Waals surface area contributed by atoms with E-state index in [2.05, 4.69) is 10.5 Å². The molecule has 7 heteroatoms. The van der Waals surface area contributed by atoms with Crippen molar-refractivity contribution >= 4 is 23.7 Å². The molecule has 4 N–H and O–H groups in total. The second-order valence-corrected chi connectivity index (χ2v) is 4.54. The van der Waals surface area contributed by atoms with Gasteiger partial charge in [-0.15, -0.1) is 0 Å². The Bertz CT molecular complexity index is 716. The molecule has 0 spiro atoms. The molecule has 1 amide bonds. The molecule has 0 radical (unpaired) electrons. The maximum absolute atomic E-state index is 11.7. The monoisotopic (exact) mass is 306 g/mol. The van der Waals surface area contributed by atoms with Crippen LogP contribution in [0.5, 0.6) is 17.2 Å². The Morgan fingerprint density at radius 1 is 1.05 bits per heavy atom. The van der Waals surface area contributed by atoms with E-state index in [1.807, 2.05) is 0 Å². The van der Waals surface area contributed by atoms with Crippen molar-refractivity contribution in [3.63, 3.8) is 0 Å². The van der Waals surface area contributed by atoms with Gasteiger partial charge in [0.25, 0.3) is 5.91 Å². The molecule has 0 aromatic heterocycles. The smallest absolute Gasteiger partial charge is 0.271 e. The number of nitrogens with zero attached hydrogens (tertiary/aromatic N) is 1. The second-order valence-electron chi connectivity index (χ2n) is 4.11. The quantitative estimate of drug-likeness (QED) is 0.396. The number of hydrogen-bond acceptors (Lipinski definition) is 5. The van der Waals surface area contributed by atoms with Crippen LogP contribution < -0.4 is 5.43 Å². The number of carbonyl (C=O) groups excluding carboxylic acids is 1. The predicted octanol–water partition coefficient (Wildman–Crippen LogP) is 2.22. The zero-order chi connectivity index (χ0) is 15.4. The van der Waals surface area contributed by atoms with E-state index in [-0.39, 0.29) is 17.1 Å². The molecule has 0 bridgehead atoms. The fourth-order valence-corrected chi connectivity index (χ4v) is 1.70. The van der Waals surface area contributed by atoms with Crippen LogP contribution >= 0.6 is 11.6 Å². The van der Waals surface area contributed by atoms with Gasteiger partial charge in [0.05, 0.1) is 6.21 Å². The molecule has 6 nitrogen and oxygen atoms in total. The largest absolute Gasteiger partial charge is 0.507 e. The molecule has 0 fully saturated rings. The van der Waals surface area contributed by atoms with Gasteiger partial charge in [-0.2, -0.15) is 5.10 Å². The Morgan fingerprint density at radius 2 is 1.76 bits per heavy atom. The third-order valence-corrected chi connectivity index (χ3v) is 2.83. The first-order chi connectivity index (χ1) is 9.97. The lowest BCUT2D eigenvalue weighted by molar-refractivity contribution is 0.0954. The number of phenols is 3. The standard InChI is InChI=1S/C14H11ClN2O4/c15-10-2-4-11(18)9(5-10)7-16-17-14(21)8-1-3-12(19)13(20)6-8/h1-7,18-20H,(H,17,21)/b16-7+. The molecule has 0 saturated heterocycles. The van der Waals surface area contributed by atoms with E-state index in [0.717, 1.165) is 6.07 Å². The summed E-state index contributed by atoms with van der Waals surface area (Å²) in [6.07, 6.45) is 1.24. The number of nitrogens with one attached hydrogen (secondary N) is 1. The molecule has 0 aliphatic carbocycles. The molecule has 2 aromatic rings. The topological polar surface area (TPSA) is 102 Å². The van der Waals surface area contributed by atoms with E-state index in [0.29, 0.717) is 10.6 Å². The highest BCUT2D eigenvalue weighted by Crippen LogP contribution is 2.24. The summed E-state index contributed by atoms with van der Waals surface area (Å²) in [6.45, 7) is 0. The number of rotatable bonds is 3. The van der Waals surface area contributed by atoms with Crippen LogP contribution in [0.3, 0.4) is 0 Å². The van der Waals surface area contributed by atoms with Crippen molar-refractivity contribution in [1.29, 1.82) is 0 Å². The van der Waals surface area contributed by atoms with Gasteiger partial charge in [0.2, 0.25) is 0 Å². The van der Waals surface area contributed by atoms with E-state index in [1.54, 1.807) is 0 Å². The molecule has 108 valence electrons. The average molecular weight is 307 g/mol. The molecular formula is C14H11ClN2O4. The first-order valence-corrected chi connectivity index (χ1v) is 6.19. The number of benzene rings is 2. The van der Waals surface area contributed by atoms with Crippen molar-refractivity contribution in [3.8, 4) is 17.2 Å². The third kappa shape index (κ3) is 3.64. The summed E-state index contributed by atoms with van der Waals surface area (Å²) in [4.78, 5) is 11.7. The van der Waals surface area contributed by atoms with Crippen LogP contribution in [0.25, 0.3) is 0 Å². The summed E-state index contributed by atoms with van der Waals surface area (Å²) in [5.74, 6) is -1.33. The van der Waals surface area contributed by atoms with Crippen molar-refractivity contribution in [3.05, 3.63) is 52.5 Å². The number of hydrazone groups is 1. The fraction of sp³-hybridized carbons (Fsp3) is 0. The number of halogens is 1. The highest BCUT2D eigenvalue weighted by molar-refractivity contribution is 6.30. The molecule has 0 heterocycles. The van der Waals surface area contributed by atoms with E-state index >= 15 is 0 Å².